The van der Waals surface area contributed by atoms with Crippen molar-refractivity contribution >= 4 is 44.4 Å². The first-order chi connectivity index (χ1) is 13.6. The third kappa shape index (κ3) is 3.98. The number of furan rings is 1. The lowest BCUT2D eigenvalue weighted by Crippen LogP contribution is -2.41. The molecule has 0 aliphatic carbocycles. The maximum Gasteiger partial charge on any atom is 0.305 e. The van der Waals surface area contributed by atoms with Crippen molar-refractivity contribution in [3.05, 3.63) is 64.4 Å². The fourth-order valence-electron chi connectivity index (χ4n) is 2.68. The average molecular weight is 436 g/mol. The number of nitrogens with one attached hydrogen (secondary N) is 2. The molecule has 3 rings (SSSR count). The van der Waals surface area contributed by atoms with E-state index in [9.17, 15) is 18.0 Å². The molecule has 152 valence electrons. The number of hydrazine groups is 1. The Hall–Kier alpha value is -2.88. The van der Waals surface area contributed by atoms with E-state index in [0.717, 1.165) is 15.8 Å². The van der Waals surface area contributed by atoms with E-state index in [4.69, 9.17) is 16.0 Å². The summed E-state index contributed by atoms with van der Waals surface area (Å²) in [6.07, 6.45) is 0. The van der Waals surface area contributed by atoms with Crippen LogP contribution in [0, 0.1) is 6.92 Å². The van der Waals surface area contributed by atoms with Crippen LogP contribution < -0.4 is 10.9 Å². The lowest BCUT2D eigenvalue weighted by atomic mass is 10.1. The third-order valence-electron chi connectivity index (χ3n) is 4.30. The van der Waals surface area contributed by atoms with Crippen LogP contribution in [0.5, 0.6) is 0 Å². The van der Waals surface area contributed by atoms with E-state index in [-0.39, 0.29) is 21.2 Å². The van der Waals surface area contributed by atoms with Crippen molar-refractivity contribution in [1.29, 1.82) is 0 Å². The van der Waals surface area contributed by atoms with E-state index in [1.54, 1.807) is 19.1 Å². The fourth-order valence-corrected chi connectivity index (χ4v) is 3.81. The molecular weight excluding hydrogens is 418 g/mol. The Bertz CT molecular complexity index is 1220. The van der Waals surface area contributed by atoms with Gasteiger partial charge in [-0.15, -0.1) is 0 Å². The standard InChI is InChI=1S/C19H18ClN3O5S/c1-11-13-6-4-5-7-16(13)28-17(11)19(25)22-21-18(24)14-10-12(8-9-15(14)20)29(26,27)23(2)3/h4-10H,1-3H3,(H,21,24)(H,22,25). The molecule has 0 atom stereocenters. The molecule has 1 heterocycles. The predicted molar refractivity (Wildman–Crippen MR) is 108 cm³/mol. The highest BCUT2D eigenvalue weighted by Gasteiger charge is 2.22. The first kappa shape index (κ1) is 20.8. The lowest BCUT2D eigenvalue weighted by molar-refractivity contribution is 0.0831. The van der Waals surface area contributed by atoms with E-state index >= 15 is 0 Å². The number of halogens is 1. The van der Waals surface area contributed by atoms with Gasteiger partial charge in [-0.3, -0.25) is 20.4 Å². The number of fused-ring (bicyclic) bond motifs is 1. The third-order valence-corrected chi connectivity index (χ3v) is 6.44. The van der Waals surface area contributed by atoms with Gasteiger partial charge in [0.05, 0.1) is 15.5 Å². The number of amides is 2. The Labute approximate surface area is 172 Å². The maximum absolute atomic E-state index is 12.5. The molecule has 0 saturated carbocycles. The summed E-state index contributed by atoms with van der Waals surface area (Å²) >= 11 is 6.03. The molecule has 0 fully saturated rings. The van der Waals surface area contributed by atoms with Crippen LogP contribution in [0.15, 0.2) is 51.8 Å². The number of nitrogens with zero attached hydrogens (tertiary/aromatic N) is 1. The molecule has 8 nitrogen and oxygen atoms in total. The number of sulfonamides is 1. The normalized spacial score (nSPS) is 11.6. The van der Waals surface area contributed by atoms with Crippen LogP contribution >= 0.6 is 11.6 Å². The number of hydrogen-bond acceptors (Lipinski definition) is 5. The van der Waals surface area contributed by atoms with Crippen LogP contribution in [0.3, 0.4) is 0 Å². The Kier molecular flexibility index (Phi) is 5.65. The molecule has 0 radical (unpaired) electrons. The van der Waals surface area contributed by atoms with Crippen molar-refractivity contribution in [3.63, 3.8) is 0 Å². The lowest BCUT2D eigenvalue weighted by Gasteiger charge is -2.13. The Morgan fingerprint density at radius 3 is 2.34 bits per heavy atom. The molecule has 0 bridgehead atoms. The molecule has 0 aliphatic rings. The predicted octanol–water partition coefficient (Wildman–Crippen LogP) is 2.72. The van der Waals surface area contributed by atoms with E-state index in [1.807, 2.05) is 12.1 Å². The van der Waals surface area contributed by atoms with Gasteiger partial charge in [0.2, 0.25) is 10.0 Å². The zero-order valence-corrected chi connectivity index (χ0v) is 17.4. The second kappa shape index (κ2) is 7.86. The molecule has 2 amide bonds. The molecule has 0 saturated heterocycles. The number of carbonyl (C=O) groups is 2. The van der Waals surface area contributed by atoms with Crippen LogP contribution in [0.25, 0.3) is 11.0 Å². The average Bonchev–Trinajstić information content (AvgIpc) is 3.03. The minimum absolute atomic E-state index is 0.0365. The molecule has 1 aromatic heterocycles. The molecule has 3 aromatic rings. The summed E-state index contributed by atoms with van der Waals surface area (Å²) in [6.45, 7) is 1.73. The minimum atomic E-state index is -3.75. The van der Waals surface area contributed by atoms with E-state index in [2.05, 4.69) is 10.9 Å². The van der Waals surface area contributed by atoms with Crippen molar-refractivity contribution in [2.24, 2.45) is 0 Å². The summed E-state index contributed by atoms with van der Waals surface area (Å²) in [7, 11) is -1.00. The molecule has 0 spiro atoms. The molecule has 2 aromatic carbocycles. The molecule has 0 unspecified atom stereocenters. The van der Waals surface area contributed by atoms with Gasteiger partial charge in [-0.05, 0) is 31.2 Å². The molecule has 29 heavy (non-hydrogen) atoms. The second-order valence-electron chi connectivity index (χ2n) is 6.39. The number of hydrogen-bond donors (Lipinski definition) is 2. The van der Waals surface area contributed by atoms with Gasteiger partial charge in [-0.2, -0.15) is 0 Å². The topological polar surface area (TPSA) is 109 Å². The van der Waals surface area contributed by atoms with Crippen molar-refractivity contribution in [2.45, 2.75) is 11.8 Å². The van der Waals surface area contributed by atoms with Crippen LogP contribution in [0.1, 0.15) is 26.5 Å². The highest BCUT2D eigenvalue weighted by atomic mass is 35.5. The zero-order valence-electron chi connectivity index (χ0n) is 15.8. The van der Waals surface area contributed by atoms with Gasteiger partial charge in [0.25, 0.3) is 5.91 Å². The number of para-hydroxylation sites is 1. The Morgan fingerprint density at radius 1 is 1.03 bits per heavy atom. The van der Waals surface area contributed by atoms with Gasteiger partial charge in [0.15, 0.2) is 5.76 Å². The quantitative estimate of drug-likeness (QED) is 0.612. The molecule has 0 aliphatic heterocycles. The van der Waals surface area contributed by atoms with E-state index in [0.29, 0.717) is 11.1 Å². The van der Waals surface area contributed by atoms with Crippen molar-refractivity contribution in [2.75, 3.05) is 14.1 Å². The van der Waals surface area contributed by atoms with Crippen LogP contribution in [-0.2, 0) is 10.0 Å². The largest absolute Gasteiger partial charge is 0.451 e. The summed E-state index contributed by atoms with van der Waals surface area (Å²) in [4.78, 5) is 24.8. The van der Waals surface area contributed by atoms with E-state index in [1.165, 1.54) is 26.2 Å². The van der Waals surface area contributed by atoms with Gasteiger partial charge in [-0.25, -0.2) is 12.7 Å². The summed E-state index contributed by atoms with van der Waals surface area (Å²) in [5.41, 5.74) is 5.56. The van der Waals surface area contributed by atoms with Crippen LogP contribution in [0.4, 0.5) is 0 Å². The highest BCUT2D eigenvalue weighted by molar-refractivity contribution is 7.89. The number of carbonyl (C=O) groups excluding carboxylic acids is 2. The van der Waals surface area contributed by atoms with Crippen LogP contribution in [-0.4, -0.2) is 38.6 Å². The fraction of sp³-hybridized carbons (Fsp3) is 0.158. The number of aryl methyl sites for hydroxylation is 1. The Morgan fingerprint density at radius 2 is 1.69 bits per heavy atom. The highest BCUT2D eigenvalue weighted by Crippen LogP contribution is 2.25. The van der Waals surface area contributed by atoms with Crippen LogP contribution in [0.2, 0.25) is 5.02 Å². The van der Waals surface area contributed by atoms with E-state index < -0.39 is 21.8 Å². The monoisotopic (exact) mass is 435 g/mol. The SMILES string of the molecule is Cc1c(C(=O)NNC(=O)c2cc(S(=O)(=O)N(C)C)ccc2Cl)oc2ccccc12. The first-order valence-electron chi connectivity index (χ1n) is 8.44. The van der Waals surface area contributed by atoms with Crippen molar-refractivity contribution in [3.8, 4) is 0 Å². The zero-order chi connectivity index (χ0) is 21.3. The molecular formula is C19H18ClN3O5S. The first-order valence-corrected chi connectivity index (χ1v) is 10.3. The van der Waals surface area contributed by atoms with Gasteiger partial charge in [-0.1, -0.05) is 29.8 Å². The minimum Gasteiger partial charge on any atom is -0.451 e. The second-order valence-corrected chi connectivity index (χ2v) is 8.95. The Balaban J connectivity index is 1.80. The molecule has 2 N–H and O–H groups in total. The summed E-state index contributed by atoms with van der Waals surface area (Å²) < 4.78 is 31.1. The smallest absolute Gasteiger partial charge is 0.305 e. The summed E-state index contributed by atoms with van der Waals surface area (Å²) in [5, 5.41) is 0.822. The van der Waals surface area contributed by atoms with Gasteiger partial charge in [0, 0.05) is 25.0 Å². The van der Waals surface area contributed by atoms with Gasteiger partial charge < -0.3 is 4.42 Å². The summed E-state index contributed by atoms with van der Waals surface area (Å²) in [5.74, 6) is -1.37. The van der Waals surface area contributed by atoms with Crippen molar-refractivity contribution < 1.29 is 22.4 Å². The van der Waals surface area contributed by atoms with Crippen molar-refractivity contribution in [1.82, 2.24) is 15.2 Å². The number of benzene rings is 2. The maximum atomic E-state index is 12.5. The molecule has 10 heteroatoms. The number of rotatable bonds is 4. The van der Waals surface area contributed by atoms with Gasteiger partial charge >= 0.3 is 5.91 Å². The summed E-state index contributed by atoms with van der Waals surface area (Å²) in [6, 6.07) is 10.9. The van der Waals surface area contributed by atoms with Gasteiger partial charge in [0.1, 0.15) is 5.58 Å².